The number of nitrogens with one attached hydrogen (secondary N) is 1. The van der Waals surface area contributed by atoms with E-state index in [-0.39, 0.29) is 6.04 Å². The zero-order valence-corrected chi connectivity index (χ0v) is 11.7. The van der Waals surface area contributed by atoms with Crippen LogP contribution in [-0.4, -0.2) is 0 Å². The van der Waals surface area contributed by atoms with E-state index in [1.807, 2.05) is 30.3 Å². The molecule has 0 fully saturated rings. The number of fused-ring (bicyclic) bond motifs is 1. The summed E-state index contributed by atoms with van der Waals surface area (Å²) in [6, 6.07) is 18.0. The van der Waals surface area contributed by atoms with Crippen LogP contribution in [-0.2, 0) is 0 Å². The summed E-state index contributed by atoms with van der Waals surface area (Å²) in [5.41, 5.74) is 3.93. The molecule has 1 heterocycles. The van der Waals surface area contributed by atoms with Crippen molar-refractivity contribution in [2.24, 2.45) is 5.84 Å². The normalized spacial score (nSPS) is 12.7. The van der Waals surface area contributed by atoms with E-state index >= 15 is 0 Å². The molecular formula is C15H13BrN2O. The van der Waals surface area contributed by atoms with Crippen LogP contribution in [0.5, 0.6) is 0 Å². The molecular weight excluding hydrogens is 304 g/mol. The Kier molecular flexibility index (Phi) is 3.38. The van der Waals surface area contributed by atoms with Gasteiger partial charge < -0.3 is 4.42 Å². The van der Waals surface area contributed by atoms with Crippen LogP contribution in [0.1, 0.15) is 17.4 Å². The van der Waals surface area contributed by atoms with Gasteiger partial charge in [0.1, 0.15) is 11.8 Å². The molecule has 1 atom stereocenters. The fourth-order valence-electron chi connectivity index (χ4n) is 2.31. The Hall–Kier alpha value is -1.62. The number of halogens is 1. The second-order valence-corrected chi connectivity index (χ2v) is 5.09. The first kappa shape index (κ1) is 12.4. The van der Waals surface area contributed by atoms with Crippen LogP contribution in [0.2, 0.25) is 0 Å². The van der Waals surface area contributed by atoms with Crippen LogP contribution in [0.25, 0.3) is 10.8 Å². The summed E-state index contributed by atoms with van der Waals surface area (Å²) in [6.07, 6.45) is 0. The van der Waals surface area contributed by atoms with Crippen LogP contribution in [0.4, 0.5) is 0 Å². The van der Waals surface area contributed by atoms with E-state index in [1.165, 1.54) is 10.8 Å². The lowest BCUT2D eigenvalue weighted by Gasteiger charge is -2.16. The molecule has 0 saturated heterocycles. The van der Waals surface area contributed by atoms with Gasteiger partial charge in [-0.05, 0) is 44.4 Å². The molecule has 3 N–H and O–H groups in total. The van der Waals surface area contributed by atoms with Crippen molar-refractivity contribution in [1.82, 2.24) is 5.43 Å². The van der Waals surface area contributed by atoms with Crippen LogP contribution < -0.4 is 11.3 Å². The minimum Gasteiger partial charge on any atom is -0.452 e. The summed E-state index contributed by atoms with van der Waals surface area (Å²) in [6.45, 7) is 0. The largest absolute Gasteiger partial charge is 0.452 e. The SMILES string of the molecule is NNC(c1ccc(Br)o1)c1cccc2ccccc12. The van der Waals surface area contributed by atoms with Gasteiger partial charge in [-0.15, -0.1) is 0 Å². The van der Waals surface area contributed by atoms with Gasteiger partial charge in [-0.25, -0.2) is 5.43 Å². The molecule has 19 heavy (non-hydrogen) atoms. The lowest BCUT2D eigenvalue weighted by atomic mass is 9.98. The minimum absolute atomic E-state index is 0.169. The van der Waals surface area contributed by atoms with Gasteiger partial charge in [-0.2, -0.15) is 0 Å². The molecule has 0 amide bonds. The Bertz CT molecular complexity index is 703. The Morgan fingerprint density at radius 3 is 2.53 bits per heavy atom. The zero-order valence-electron chi connectivity index (χ0n) is 10.1. The Labute approximate surface area is 119 Å². The highest BCUT2D eigenvalue weighted by Gasteiger charge is 2.18. The second-order valence-electron chi connectivity index (χ2n) is 4.31. The first-order chi connectivity index (χ1) is 9.29. The van der Waals surface area contributed by atoms with Crippen molar-refractivity contribution in [3.05, 3.63) is 70.6 Å². The lowest BCUT2D eigenvalue weighted by Crippen LogP contribution is -2.28. The molecule has 3 rings (SSSR count). The summed E-state index contributed by atoms with van der Waals surface area (Å²) in [7, 11) is 0. The fourth-order valence-corrected chi connectivity index (χ4v) is 2.63. The lowest BCUT2D eigenvalue weighted by molar-refractivity contribution is 0.438. The third kappa shape index (κ3) is 2.30. The summed E-state index contributed by atoms with van der Waals surface area (Å²) >= 11 is 3.32. The maximum atomic E-state index is 5.71. The summed E-state index contributed by atoms with van der Waals surface area (Å²) in [5, 5.41) is 2.35. The average Bonchev–Trinajstić information content (AvgIpc) is 2.86. The van der Waals surface area contributed by atoms with Crippen molar-refractivity contribution in [1.29, 1.82) is 0 Å². The number of hydrazine groups is 1. The zero-order chi connectivity index (χ0) is 13.2. The third-order valence-corrected chi connectivity index (χ3v) is 3.61. The van der Waals surface area contributed by atoms with Gasteiger partial charge in [0, 0.05) is 0 Å². The van der Waals surface area contributed by atoms with Crippen LogP contribution >= 0.6 is 15.9 Å². The van der Waals surface area contributed by atoms with E-state index in [9.17, 15) is 0 Å². The molecule has 3 nitrogen and oxygen atoms in total. The van der Waals surface area contributed by atoms with E-state index in [1.54, 1.807) is 0 Å². The Balaban J connectivity index is 2.16. The maximum Gasteiger partial charge on any atom is 0.169 e. The van der Waals surface area contributed by atoms with Gasteiger partial charge in [0.2, 0.25) is 0 Å². The molecule has 0 radical (unpaired) electrons. The van der Waals surface area contributed by atoms with Crippen molar-refractivity contribution in [3.8, 4) is 0 Å². The first-order valence-electron chi connectivity index (χ1n) is 5.98. The molecule has 96 valence electrons. The molecule has 0 aliphatic rings. The van der Waals surface area contributed by atoms with Crippen molar-refractivity contribution in [2.45, 2.75) is 6.04 Å². The number of nitrogens with two attached hydrogens (primary N) is 1. The summed E-state index contributed by atoms with van der Waals surface area (Å²) < 4.78 is 6.31. The van der Waals surface area contributed by atoms with Gasteiger partial charge in [0.15, 0.2) is 4.67 Å². The molecule has 1 unspecified atom stereocenters. The monoisotopic (exact) mass is 316 g/mol. The molecule has 0 saturated carbocycles. The van der Waals surface area contributed by atoms with E-state index < -0.39 is 0 Å². The van der Waals surface area contributed by atoms with Crippen molar-refractivity contribution in [3.63, 3.8) is 0 Å². The van der Waals surface area contributed by atoms with Crippen LogP contribution in [0.3, 0.4) is 0 Å². The van der Waals surface area contributed by atoms with E-state index in [0.717, 1.165) is 11.3 Å². The molecule has 1 aromatic heterocycles. The highest BCUT2D eigenvalue weighted by molar-refractivity contribution is 9.10. The van der Waals surface area contributed by atoms with Gasteiger partial charge in [0.25, 0.3) is 0 Å². The van der Waals surface area contributed by atoms with Crippen LogP contribution in [0, 0.1) is 0 Å². The number of furan rings is 1. The standard InChI is InChI=1S/C15H13BrN2O/c16-14-9-8-13(19-14)15(18-17)12-7-3-5-10-4-1-2-6-11(10)12/h1-9,15,18H,17H2. The highest BCUT2D eigenvalue weighted by atomic mass is 79.9. The van der Waals surface area contributed by atoms with E-state index in [2.05, 4.69) is 45.6 Å². The number of hydrogen-bond donors (Lipinski definition) is 2. The van der Waals surface area contributed by atoms with Gasteiger partial charge in [0.05, 0.1) is 0 Å². The molecule has 0 spiro atoms. The minimum atomic E-state index is -0.169. The molecule has 0 aliphatic heterocycles. The predicted molar refractivity (Wildman–Crippen MR) is 79.5 cm³/mol. The molecule has 4 heteroatoms. The fraction of sp³-hybridized carbons (Fsp3) is 0.0667. The molecule has 0 bridgehead atoms. The average molecular weight is 317 g/mol. The second kappa shape index (κ2) is 5.17. The van der Waals surface area contributed by atoms with Crippen LogP contribution in [0.15, 0.2) is 63.7 Å². The van der Waals surface area contributed by atoms with Gasteiger partial charge in [-0.1, -0.05) is 42.5 Å². The Morgan fingerprint density at radius 2 is 1.79 bits per heavy atom. The topological polar surface area (TPSA) is 51.2 Å². The first-order valence-corrected chi connectivity index (χ1v) is 6.78. The smallest absolute Gasteiger partial charge is 0.169 e. The van der Waals surface area contributed by atoms with E-state index in [0.29, 0.717) is 4.67 Å². The van der Waals surface area contributed by atoms with Crippen molar-refractivity contribution >= 4 is 26.7 Å². The molecule has 2 aromatic carbocycles. The number of benzene rings is 2. The third-order valence-electron chi connectivity index (χ3n) is 3.18. The molecule has 0 aliphatic carbocycles. The maximum absolute atomic E-state index is 5.71. The van der Waals surface area contributed by atoms with Crippen molar-refractivity contribution < 1.29 is 4.42 Å². The molecule has 3 aromatic rings. The Morgan fingerprint density at radius 1 is 1.00 bits per heavy atom. The van der Waals surface area contributed by atoms with Gasteiger partial charge in [-0.3, -0.25) is 5.84 Å². The predicted octanol–water partition coefficient (Wildman–Crippen LogP) is 3.75. The highest BCUT2D eigenvalue weighted by Crippen LogP contribution is 2.30. The summed E-state index contributed by atoms with van der Waals surface area (Å²) in [5.74, 6) is 6.49. The number of rotatable bonds is 3. The van der Waals surface area contributed by atoms with E-state index in [4.69, 9.17) is 10.3 Å². The summed E-state index contributed by atoms with van der Waals surface area (Å²) in [4.78, 5) is 0. The van der Waals surface area contributed by atoms with Gasteiger partial charge >= 0.3 is 0 Å². The quantitative estimate of drug-likeness (QED) is 0.571. The van der Waals surface area contributed by atoms with Crippen molar-refractivity contribution in [2.75, 3.05) is 0 Å². The number of hydrogen-bond acceptors (Lipinski definition) is 3.